The summed E-state index contributed by atoms with van der Waals surface area (Å²) in [5.74, 6) is -5.12. The molecule has 5 rings (SSSR count). The molecule has 0 saturated carbocycles. The fourth-order valence-corrected chi connectivity index (χ4v) is 4.54. The number of rotatable bonds is 5. The maximum Gasteiger partial charge on any atom is 0.264 e. The van der Waals surface area contributed by atoms with Crippen molar-refractivity contribution in [2.45, 2.75) is 4.90 Å². The number of benzene rings is 2. The first-order valence-electron chi connectivity index (χ1n) is 9.83. The molecular weight excluding hydrogens is 469 g/mol. The highest BCUT2D eigenvalue weighted by molar-refractivity contribution is 7.92. The number of aryl methyl sites for hydroxylation is 1. The minimum atomic E-state index is -4.48. The highest BCUT2D eigenvalue weighted by atomic mass is 32.2. The van der Waals surface area contributed by atoms with Gasteiger partial charge in [-0.1, -0.05) is 12.1 Å². The van der Waals surface area contributed by atoms with Crippen molar-refractivity contribution in [3.8, 4) is 22.5 Å². The van der Waals surface area contributed by atoms with Gasteiger partial charge in [-0.05, 0) is 36.4 Å². The average Bonchev–Trinajstić information content (AvgIpc) is 3.43. The number of anilines is 1. The lowest BCUT2D eigenvalue weighted by Crippen LogP contribution is -2.15. The predicted molar refractivity (Wildman–Crippen MR) is 118 cm³/mol. The molecule has 0 aliphatic heterocycles. The van der Waals surface area contributed by atoms with E-state index in [1.165, 1.54) is 12.1 Å². The first kappa shape index (κ1) is 21.6. The molecule has 0 spiro atoms. The van der Waals surface area contributed by atoms with Gasteiger partial charge in [-0.2, -0.15) is 10.2 Å². The molecule has 0 saturated heterocycles. The minimum Gasteiger partial charge on any atom is -0.280 e. The monoisotopic (exact) mass is 484 g/mol. The quantitative estimate of drug-likeness (QED) is 0.381. The van der Waals surface area contributed by atoms with Crippen molar-refractivity contribution in [1.82, 2.24) is 24.4 Å². The van der Waals surface area contributed by atoms with Crippen LogP contribution in [0, 0.1) is 17.5 Å². The van der Waals surface area contributed by atoms with E-state index in [1.807, 2.05) is 13.2 Å². The Labute approximate surface area is 191 Å². The molecule has 0 aliphatic carbocycles. The molecule has 0 radical (unpaired) electrons. The molecule has 172 valence electrons. The average molecular weight is 484 g/mol. The van der Waals surface area contributed by atoms with Crippen LogP contribution in [0.25, 0.3) is 28.2 Å². The van der Waals surface area contributed by atoms with Crippen LogP contribution in [0.5, 0.6) is 0 Å². The smallest absolute Gasteiger partial charge is 0.264 e. The summed E-state index contributed by atoms with van der Waals surface area (Å²) in [6, 6.07) is 10.9. The summed E-state index contributed by atoms with van der Waals surface area (Å²) >= 11 is 0. The molecule has 1 N–H and O–H groups in total. The van der Waals surface area contributed by atoms with E-state index in [2.05, 4.69) is 19.9 Å². The molecule has 0 unspecified atom stereocenters. The number of nitrogens with zero attached hydrogens (tertiary/aromatic N) is 5. The summed E-state index contributed by atoms with van der Waals surface area (Å²) in [7, 11) is -2.68. The molecule has 3 heterocycles. The first-order valence-corrected chi connectivity index (χ1v) is 11.3. The van der Waals surface area contributed by atoms with Crippen LogP contribution in [0.1, 0.15) is 0 Å². The topological polar surface area (TPSA) is 94.2 Å². The largest absolute Gasteiger partial charge is 0.280 e. The SMILES string of the molecule is Cn1cc(-c2cnc3ccc(-c4ccc(NS(=O)(=O)c5ccc(F)c(F)c5F)cc4)nn23)cn1. The van der Waals surface area contributed by atoms with E-state index in [-0.39, 0.29) is 5.69 Å². The van der Waals surface area contributed by atoms with Crippen LogP contribution in [0.2, 0.25) is 0 Å². The Bertz CT molecular complexity index is 1650. The normalized spacial score (nSPS) is 11.8. The van der Waals surface area contributed by atoms with Crippen LogP contribution in [-0.4, -0.2) is 32.8 Å². The zero-order chi connectivity index (χ0) is 24.0. The van der Waals surface area contributed by atoms with Gasteiger partial charge in [0.25, 0.3) is 10.0 Å². The van der Waals surface area contributed by atoms with Crippen LogP contribution < -0.4 is 4.72 Å². The molecule has 0 bridgehead atoms. The lowest BCUT2D eigenvalue weighted by atomic mass is 10.1. The number of halogens is 3. The molecule has 12 heteroatoms. The van der Waals surface area contributed by atoms with Crippen molar-refractivity contribution < 1.29 is 21.6 Å². The van der Waals surface area contributed by atoms with E-state index in [0.717, 1.165) is 11.3 Å². The van der Waals surface area contributed by atoms with Crippen molar-refractivity contribution in [3.63, 3.8) is 0 Å². The van der Waals surface area contributed by atoms with Crippen LogP contribution in [0.15, 0.2) is 72.0 Å². The highest BCUT2D eigenvalue weighted by Crippen LogP contribution is 2.26. The Balaban J connectivity index is 1.44. The number of sulfonamides is 1. The molecule has 0 fully saturated rings. The Morgan fingerprint density at radius 1 is 0.882 bits per heavy atom. The zero-order valence-electron chi connectivity index (χ0n) is 17.4. The van der Waals surface area contributed by atoms with Gasteiger partial charge in [-0.15, -0.1) is 0 Å². The molecule has 34 heavy (non-hydrogen) atoms. The number of hydrogen-bond acceptors (Lipinski definition) is 5. The molecule has 2 aromatic carbocycles. The number of aromatic nitrogens is 5. The third kappa shape index (κ3) is 3.77. The van der Waals surface area contributed by atoms with Crippen LogP contribution in [0.3, 0.4) is 0 Å². The van der Waals surface area contributed by atoms with Gasteiger partial charge in [0.05, 0.1) is 23.8 Å². The Kier molecular flexibility index (Phi) is 5.09. The van der Waals surface area contributed by atoms with Gasteiger partial charge in [0, 0.05) is 30.1 Å². The number of nitrogens with one attached hydrogen (secondary N) is 1. The van der Waals surface area contributed by atoms with Crippen LogP contribution in [0.4, 0.5) is 18.9 Å². The highest BCUT2D eigenvalue weighted by Gasteiger charge is 2.24. The van der Waals surface area contributed by atoms with E-state index in [0.29, 0.717) is 29.0 Å². The van der Waals surface area contributed by atoms with Gasteiger partial charge >= 0.3 is 0 Å². The summed E-state index contributed by atoms with van der Waals surface area (Å²) in [5, 5.41) is 8.79. The third-order valence-corrected chi connectivity index (χ3v) is 6.48. The molecule has 8 nitrogen and oxygen atoms in total. The van der Waals surface area contributed by atoms with Crippen molar-refractivity contribution in [2.75, 3.05) is 4.72 Å². The van der Waals surface area contributed by atoms with Gasteiger partial charge in [0.2, 0.25) is 0 Å². The summed E-state index contributed by atoms with van der Waals surface area (Å²) in [5.41, 5.74) is 3.61. The van der Waals surface area contributed by atoms with E-state index in [4.69, 9.17) is 0 Å². The van der Waals surface area contributed by atoms with Crippen LogP contribution >= 0.6 is 0 Å². The van der Waals surface area contributed by atoms with Crippen molar-refractivity contribution in [2.24, 2.45) is 7.05 Å². The van der Waals surface area contributed by atoms with Gasteiger partial charge in [-0.25, -0.2) is 31.1 Å². The summed E-state index contributed by atoms with van der Waals surface area (Å²) in [4.78, 5) is 3.35. The molecule has 3 aromatic heterocycles. The van der Waals surface area contributed by atoms with E-state index in [9.17, 15) is 21.6 Å². The van der Waals surface area contributed by atoms with E-state index in [1.54, 1.807) is 45.9 Å². The lowest BCUT2D eigenvalue weighted by molar-refractivity contribution is 0.432. The fourth-order valence-electron chi connectivity index (χ4n) is 3.41. The molecule has 0 aliphatic rings. The van der Waals surface area contributed by atoms with Crippen LogP contribution in [-0.2, 0) is 17.1 Å². The van der Waals surface area contributed by atoms with Crippen molar-refractivity contribution in [1.29, 1.82) is 0 Å². The van der Waals surface area contributed by atoms with Crippen molar-refractivity contribution in [3.05, 3.63) is 84.6 Å². The van der Waals surface area contributed by atoms with Gasteiger partial charge in [0.15, 0.2) is 23.1 Å². The maximum absolute atomic E-state index is 13.9. The zero-order valence-corrected chi connectivity index (χ0v) is 18.3. The second-order valence-corrected chi connectivity index (χ2v) is 9.04. The second-order valence-electron chi connectivity index (χ2n) is 7.39. The molecule has 0 amide bonds. The number of hydrogen-bond donors (Lipinski definition) is 1. The standard InChI is InChI=1S/C22H15F3N6O2S/c1-30-12-14(10-27-30)18-11-26-20-9-7-17(28-31(18)20)13-2-4-15(5-3-13)29-34(32,33)19-8-6-16(23)21(24)22(19)25/h2-12,29H,1H3. The predicted octanol–water partition coefficient (Wildman–Crippen LogP) is 4.01. The van der Waals surface area contributed by atoms with Gasteiger partial charge in [-0.3, -0.25) is 9.40 Å². The second kappa shape index (κ2) is 7.99. The third-order valence-electron chi connectivity index (χ3n) is 5.09. The molecule has 5 aromatic rings. The molecular formula is C22H15F3N6O2S. The first-order chi connectivity index (χ1) is 16.2. The van der Waals surface area contributed by atoms with E-state index < -0.39 is 32.4 Å². The Hall–Kier alpha value is -4.19. The summed E-state index contributed by atoms with van der Waals surface area (Å²) in [6.07, 6.45) is 5.24. The summed E-state index contributed by atoms with van der Waals surface area (Å²) in [6.45, 7) is 0. The summed E-state index contributed by atoms with van der Waals surface area (Å²) < 4.78 is 71.0. The minimum absolute atomic E-state index is 0.104. The molecule has 0 atom stereocenters. The van der Waals surface area contributed by atoms with Gasteiger partial charge in [0.1, 0.15) is 4.90 Å². The lowest BCUT2D eigenvalue weighted by Gasteiger charge is -2.10. The number of imidazole rings is 1. The Morgan fingerprint density at radius 2 is 1.65 bits per heavy atom. The van der Waals surface area contributed by atoms with E-state index >= 15 is 0 Å². The number of fused-ring (bicyclic) bond motifs is 1. The maximum atomic E-state index is 13.9. The fraction of sp³-hybridized carbons (Fsp3) is 0.0455. The Morgan fingerprint density at radius 3 is 2.35 bits per heavy atom. The van der Waals surface area contributed by atoms with Gasteiger partial charge < -0.3 is 0 Å². The van der Waals surface area contributed by atoms with Crippen molar-refractivity contribution >= 4 is 21.4 Å².